The van der Waals surface area contributed by atoms with Gasteiger partial charge in [0.1, 0.15) is 0 Å². The zero-order valence-corrected chi connectivity index (χ0v) is 10.5. The van der Waals surface area contributed by atoms with Crippen molar-refractivity contribution < 1.29 is 13.2 Å². The molecule has 6 heteroatoms. The van der Waals surface area contributed by atoms with Crippen LogP contribution in [0.15, 0.2) is 42.5 Å². The van der Waals surface area contributed by atoms with Crippen LogP contribution in [-0.4, -0.2) is 0 Å². The van der Waals surface area contributed by atoms with Crippen LogP contribution < -0.4 is 16.8 Å². The highest BCUT2D eigenvalue weighted by Crippen LogP contribution is 2.36. The van der Waals surface area contributed by atoms with Gasteiger partial charge in [0.25, 0.3) is 0 Å². The van der Waals surface area contributed by atoms with E-state index in [1.165, 1.54) is 0 Å². The van der Waals surface area contributed by atoms with E-state index in [4.69, 9.17) is 11.5 Å². The Bertz CT molecular complexity index is 571. The van der Waals surface area contributed by atoms with Gasteiger partial charge in [0, 0.05) is 6.54 Å². The van der Waals surface area contributed by atoms with E-state index < -0.39 is 11.7 Å². The Morgan fingerprint density at radius 2 is 1.50 bits per heavy atom. The maximum absolute atomic E-state index is 12.6. The summed E-state index contributed by atoms with van der Waals surface area (Å²) in [5.74, 6) is 0. The predicted octanol–water partition coefficient (Wildman–Crippen LogP) is 3.48. The Morgan fingerprint density at radius 3 is 2.00 bits per heavy atom. The van der Waals surface area contributed by atoms with Crippen molar-refractivity contribution in [2.45, 2.75) is 12.7 Å². The van der Waals surface area contributed by atoms with Crippen molar-refractivity contribution in [2.75, 3.05) is 16.8 Å². The van der Waals surface area contributed by atoms with Crippen LogP contribution >= 0.6 is 0 Å². The van der Waals surface area contributed by atoms with Crippen molar-refractivity contribution in [3.05, 3.63) is 53.6 Å². The van der Waals surface area contributed by atoms with Crippen LogP contribution in [0.5, 0.6) is 0 Å². The van der Waals surface area contributed by atoms with Crippen molar-refractivity contribution in [2.24, 2.45) is 0 Å². The Labute approximate surface area is 114 Å². The first-order valence-electron chi connectivity index (χ1n) is 5.92. The number of hydrogen-bond donors (Lipinski definition) is 3. The van der Waals surface area contributed by atoms with Gasteiger partial charge >= 0.3 is 6.18 Å². The lowest BCUT2D eigenvalue weighted by molar-refractivity contribution is -0.137. The summed E-state index contributed by atoms with van der Waals surface area (Å²) in [6, 6.07) is 11.2. The number of halogens is 3. The van der Waals surface area contributed by atoms with Gasteiger partial charge in [-0.3, -0.25) is 0 Å². The van der Waals surface area contributed by atoms with Gasteiger partial charge in [0.05, 0.1) is 22.6 Å². The monoisotopic (exact) mass is 281 g/mol. The molecule has 0 saturated heterocycles. The Balaban J connectivity index is 2.21. The van der Waals surface area contributed by atoms with Gasteiger partial charge < -0.3 is 16.8 Å². The fourth-order valence-corrected chi connectivity index (χ4v) is 1.84. The third kappa shape index (κ3) is 3.14. The molecule has 2 rings (SSSR count). The minimum absolute atomic E-state index is 0.0201. The minimum atomic E-state index is -4.46. The molecule has 0 aliphatic heterocycles. The van der Waals surface area contributed by atoms with E-state index in [-0.39, 0.29) is 11.4 Å². The van der Waals surface area contributed by atoms with Crippen molar-refractivity contribution in [3.8, 4) is 0 Å². The van der Waals surface area contributed by atoms with Crippen molar-refractivity contribution in [1.82, 2.24) is 0 Å². The molecule has 0 aliphatic carbocycles. The number of rotatable bonds is 3. The average Bonchev–Trinajstić information content (AvgIpc) is 2.37. The first-order chi connectivity index (χ1) is 9.38. The summed E-state index contributed by atoms with van der Waals surface area (Å²) >= 11 is 0. The highest BCUT2D eigenvalue weighted by Gasteiger charge is 2.31. The van der Waals surface area contributed by atoms with E-state index in [0.717, 1.165) is 17.7 Å². The standard InChI is InChI=1S/C14H14F3N3/c15-14(16,17)10-6-11(18)13(12(19)7-10)20-8-9-4-2-1-3-5-9/h1-7,20H,8,18-19H2. The normalized spacial score (nSPS) is 11.3. The minimum Gasteiger partial charge on any atom is -0.397 e. The fraction of sp³-hybridized carbons (Fsp3) is 0.143. The topological polar surface area (TPSA) is 64.1 Å². The van der Waals surface area contributed by atoms with E-state index >= 15 is 0 Å². The highest BCUT2D eigenvalue weighted by molar-refractivity contribution is 5.80. The molecule has 0 unspecified atom stereocenters. The number of nitrogen functional groups attached to an aromatic ring is 2. The van der Waals surface area contributed by atoms with E-state index in [1.54, 1.807) is 0 Å². The summed E-state index contributed by atoms with van der Waals surface area (Å²) in [6.45, 7) is 0.431. The van der Waals surface area contributed by atoms with Crippen molar-refractivity contribution >= 4 is 17.1 Å². The molecule has 0 saturated carbocycles. The number of benzene rings is 2. The van der Waals surface area contributed by atoms with E-state index in [0.29, 0.717) is 12.2 Å². The molecular formula is C14H14F3N3. The van der Waals surface area contributed by atoms with Gasteiger partial charge in [0.15, 0.2) is 0 Å². The smallest absolute Gasteiger partial charge is 0.397 e. The van der Waals surface area contributed by atoms with Gasteiger partial charge in [-0.25, -0.2) is 0 Å². The number of hydrogen-bond acceptors (Lipinski definition) is 3. The largest absolute Gasteiger partial charge is 0.416 e. The maximum atomic E-state index is 12.6. The molecule has 0 heterocycles. The second kappa shape index (κ2) is 5.32. The van der Waals surface area contributed by atoms with E-state index in [2.05, 4.69) is 5.32 Å². The zero-order chi connectivity index (χ0) is 14.8. The molecule has 3 nitrogen and oxygen atoms in total. The van der Waals surface area contributed by atoms with Crippen molar-refractivity contribution in [3.63, 3.8) is 0 Å². The summed E-state index contributed by atoms with van der Waals surface area (Å²) in [4.78, 5) is 0. The quantitative estimate of drug-likeness (QED) is 0.755. The SMILES string of the molecule is Nc1cc(C(F)(F)F)cc(N)c1NCc1ccccc1. The van der Waals surface area contributed by atoms with Crippen LogP contribution in [0.25, 0.3) is 0 Å². The number of nitrogens with two attached hydrogens (primary N) is 2. The van der Waals surface area contributed by atoms with Gasteiger partial charge in [0.2, 0.25) is 0 Å². The third-order valence-electron chi connectivity index (χ3n) is 2.84. The molecule has 0 atom stereocenters. The van der Waals surface area contributed by atoms with Gasteiger partial charge in [-0.05, 0) is 17.7 Å². The summed E-state index contributed by atoms with van der Waals surface area (Å²) in [7, 11) is 0. The van der Waals surface area contributed by atoms with Crippen LogP contribution in [0.1, 0.15) is 11.1 Å². The number of anilines is 3. The fourth-order valence-electron chi connectivity index (χ4n) is 1.84. The molecule has 2 aromatic carbocycles. The predicted molar refractivity (Wildman–Crippen MR) is 74.0 cm³/mol. The molecule has 5 N–H and O–H groups in total. The Hall–Kier alpha value is -2.37. The summed E-state index contributed by atoms with van der Waals surface area (Å²) in [6.07, 6.45) is -4.46. The van der Waals surface area contributed by atoms with Crippen LogP contribution in [0.3, 0.4) is 0 Å². The molecule has 0 radical (unpaired) electrons. The lowest BCUT2D eigenvalue weighted by atomic mass is 10.1. The lowest BCUT2D eigenvalue weighted by Crippen LogP contribution is -2.10. The summed E-state index contributed by atoms with van der Waals surface area (Å²) < 4.78 is 37.8. The molecule has 0 amide bonds. The molecular weight excluding hydrogens is 267 g/mol. The molecule has 0 bridgehead atoms. The molecule has 20 heavy (non-hydrogen) atoms. The van der Waals surface area contributed by atoms with Gasteiger partial charge in [-0.2, -0.15) is 13.2 Å². The molecule has 0 fully saturated rings. The first kappa shape index (κ1) is 14.0. The molecule has 0 spiro atoms. The Morgan fingerprint density at radius 1 is 0.950 bits per heavy atom. The zero-order valence-electron chi connectivity index (χ0n) is 10.5. The van der Waals surface area contributed by atoms with E-state index in [1.807, 2.05) is 30.3 Å². The van der Waals surface area contributed by atoms with Gasteiger partial charge in [-0.15, -0.1) is 0 Å². The van der Waals surface area contributed by atoms with E-state index in [9.17, 15) is 13.2 Å². The van der Waals surface area contributed by atoms with Crippen LogP contribution in [0, 0.1) is 0 Å². The maximum Gasteiger partial charge on any atom is 0.416 e. The van der Waals surface area contributed by atoms with Gasteiger partial charge in [-0.1, -0.05) is 30.3 Å². The molecule has 2 aromatic rings. The average molecular weight is 281 g/mol. The summed E-state index contributed by atoms with van der Waals surface area (Å²) in [5.41, 5.74) is 11.7. The Kier molecular flexibility index (Phi) is 3.74. The number of nitrogens with one attached hydrogen (secondary N) is 1. The van der Waals surface area contributed by atoms with Crippen LogP contribution in [-0.2, 0) is 12.7 Å². The van der Waals surface area contributed by atoms with Crippen molar-refractivity contribution in [1.29, 1.82) is 0 Å². The second-order valence-corrected chi connectivity index (χ2v) is 4.37. The highest BCUT2D eigenvalue weighted by atomic mass is 19.4. The number of alkyl halides is 3. The molecule has 0 aromatic heterocycles. The molecule has 106 valence electrons. The second-order valence-electron chi connectivity index (χ2n) is 4.37. The van der Waals surface area contributed by atoms with Crippen LogP contribution in [0.2, 0.25) is 0 Å². The third-order valence-corrected chi connectivity index (χ3v) is 2.84. The molecule has 0 aliphatic rings. The van der Waals surface area contributed by atoms with Crippen LogP contribution in [0.4, 0.5) is 30.2 Å². The lowest BCUT2D eigenvalue weighted by Gasteiger charge is -2.15. The first-order valence-corrected chi connectivity index (χ1v) is 5.92. The summed E-state index contributed by atoms with van der Waals surface area (Å²) in [5, 5.41) is 2.96.